The Morgan fingerprint density at radius 2 is 2.24 bits per heavy atom. The van der Waals surface area contributed by atoms with E-state index in [1.165, 1.54) is 0 Å². The molecular weight excluding hydrogens is 280 g/mol. The van der Waals surface area contributed by atoms with Crippen molar-refractivity contribution in [3.05, 3.63) is 33.8 Å². The van der Waals surface area contributed by atoms with E-state index in [0.29, 0.717) is 12.1 Å². The average molecular weight is 295 g/mol. The smallest absolute Gasteiger partial charge is 0.254 e. The number of nitriles is 1. The third kappa shape index (κ3) is 3.57. The molecule has 0 aromatic heterocycles. The molecule has 0 N–H and O–H groups in total. The van der Waals surface area contributed by atoms with Crippen molar-refractivity contribution in [2.24, 2.45) is 0 Å². The van der Waals surface area contributed by atoms with E-state index in [0.717, 1.165) is 16.5 Å². The molecule has 0 aliphatic carbocycles. The van der Waals surface area contributed by atoms with Crippen molar-refractivity contribution in [2.45, 2.75) is 20.3 Å². The van der Waals surface area contributed by atoms with Gasteiger partial charge in [0.25, 0.3) is 5.91 Å². The van der Waals surface area contributed by atoms with E-state index >= 15 is 0 Å². The summed E-state index contributed by atoms with van der Waals surface area (Å²) in [7, 11) is 0. The third-order valence-corrected chi connectivity index (χ3v) is 2.95. The molecule has 0 aliphatic rings. The summed E-state index contributed by atoms with van der Waals surface area (Å²) in [6, 6.07) is 7.57. The molecule has 0 spiro atoms. The number of rotatable bonds is 4. The number of benzene rings is 1. The quantitative estimate of drug-likeness (QED) is 0.801. The second-order valence-electron chi connectivity index (χ2n) is 3.84. The molecule has 1 rings (SSSR count). The zero-order valence-electron chi connectivity index (χ0n) is 10.0. The Balaban J connectivity index is 2.97. The van der Waals surface area contributed by atoms with Gasteiger partial charge in [0.15, 0.2) is 0 Å². The summed E-state index contributed by atoms with van der Waals surface area (Å²) in [4.78, 5) is 13.8. The standard InChI is InChI=1S/C13H15BrN2O/c1-3-7-16(8-6-15)13(17)12-5-4-11(14)9-10(12)2/h4-5,9H,3,7-8H2,1-2H3. The van der Waals surface area contributed by atoms with Crippen LogP contribution in [0.1, 0.15) is 29.3 Å². The Hall–Kier alpha value is -1.34. The van der Waals surface area contributed by atoms with Crippen LogP contribution >= 0.6 is 15.9 Å². The number of nitrogens with zero attached hydrogens (tertiary/aromatic N) is 2. The Bertz CT molecular complexity index is 451. The van der Waals surface area contributed by atoms with Crippen molar-refractivity contribution < 1.29 is 4.79 Å². The second-order valence-corrected chi connectivity index (χ2v) is 4.76. The molecule has 17 heavy (non-hydrogen) atoms. The van der Waals surface area contributed by atoms with Crippen LogP contribution in [0.2, 0.25) is 0 Å². The Morgan fingerprint density at radius 3 is 2.76 bits per heavy atom. The fourth-order valence-corrected chi connectivity index (χ4v) is 2.12. The first-order chi connectivity index (χ1) is 8.10. The lowest BCUT2D eigenvalue weighted by Crippen LogP contribution is -2.32. The summed E-state index contributed by atoms with van der Waals surface area (Å²) in [5.41, 5.74) is 1.58. The molecule has 90 valence electrons. The average Bonchev–Trinajstić information content (AvgIpc) is 2.28. The molecule has 3 nitrogen and oxygen atoms in total. The maximum Gasteiger partial charge on any atom is 0.254 e. The Kier molecular flexibility index (Phi) is 5.17. The number of amides is 1. The Morgan fingerprint density at radius 1 is 1.53 bits per heavy atom. The van der Waals surface area contributed by atoms with Gasteiger partial charge in [-0.2, -0.15) is 5.26 Å². The summed E-state index contributed by atoms with van der Waals surface area (Å²) < 4.78 is 0.953. The van der Waals surface area contributed by atoms with E-state index in [2.05, 4.69) is 15.9 Å². The van der Waals surface area contributed by atoms with Crippen LogP contribution in [-0.2, 0) is 0 Å². The highest BCUT2D eigenvalue weighted by molar-refractivity contribution is 9.10. The Labute approximate surface area is 110 Å². The molecule has 0 bridgehead atoms. The molecule has 4 heteroatoms. The van der Waals surface area contributed by atoms with E-state index in [4.69, 9.17) is 5.26 Å². The highest BCUT2D eigenvalue weighted by atomic mass is 79.9. The first-order valence-electron chi connectivity index (χ1n) is 5.52. The van der Waals surface area contributed by atoms with Gasteiger partial charge in [-0.3, -0.25) is 4.79 Å². The first-order valence-corrected chi connectivity index (χ1v) is 6.31. The summed E-state index contributed by atoms with van der Waals surface area (Å²) in [5.74, 6) is -0.0709. The van der Waals surface area contributed by atoms with Gasteiger partial charge in [0, 0.05) is 16.6 Å². The van der Waals surface area contributed by atoms with Crippen LogP contribution in [0.15, 0.2) is 22.7 Å². The fourth-order valence-electron chi connectivity index (χ4n) is 1.65. The molecule has 0 unspecified atom stereocenters. The van der Waals surface area contributed by atoms with Crippen LogP contribution in [-0.4, -0.2) is 23.9 Å². The van der Waals surface area contributed by atoms with Gasteiger partial charge in [0.1, 0.15) is 6.54 Å². The highest BCUT2D eigenvalue weighted by Crippen LogP contribution is 2.17. The van der Waals surface area contributed by atoms with Crippen molar-refractivity contribution in [1.29, 1.82) is 5.26 Å². The highest BCUT2D eigenvalue weighted by Gasteiger charge is 2.16. The predicted molar refractivity (Wildman–Crippen MR) is 70.7 cm³/mol. The van der Waals surface area contributed by atoms with Crippen molar-refractivity contribution >= 4 is 21.8 Å². The number of hydrogen-bond donors (Lipinski definition) is 0. The van der Waals surface area contributed by atoms with Gasteiger partial charge in [-0.05, 0) is 37.1 Å². The molecule has 1 amide bonds. The van der Waals surface area contributed by atoms with Crippen LogP contribution < -0.4 is 0 Å². The molecule has 0 heterocycles. The van der Waals surface area contributed by atoms with E-state index in [-0.39, 0.29) is 12.5 Å². The van der Waals surface area contributed by atoms with E-state index < -0.39 is 0 Å². The summed E-state index contributed by atoms with van der Waals surface area (Å²) >= 11 is 3.37. The normalized spacial score (nSPS) is 9.76. The minimum absolute atomic E-state index is 0.0709. The van der Waals surface area contributed by atoms with Crippen molar-refractivity contribution in [2.75, 3.05) is 13.1 Å². The van der Waals surface area contributed by atoms with Crippen molar-refractivity contribution in [1.82, 2.24) is 4.90 Å². The number of hydrogen-bond acceptors (Lipinski definition) is 2. The van der Waals surface area contributed by atoms with E-state index in [1.54, 1.807) is 11.0 Å². The minimum atomic E-state index is -0.0709. The molecule has 0 saturated carbocycles. The lowest BCUT2D eigenvalue weighted by atomic mass is 10.1. The van der Waals surface area contributed by atoms with Crippen LogP contribution in [0.3, 0.4) is 0 Å². The molecule has 1 aromatic rings. The van der Waals surface area contributed by atoms with Crippen LogP contribution in [0.4, 0.5) is 0 Å². The monoisotopic (exact) mass is 294 g/mol. The van der Waals surface area contributed by atoms with Crippen molar-refractivity contribution in [3.8, 4) is 6.07 Å². The van der Waals surface area contributed by atoms with Crippen LogP contribution in [0, 0.1) is 18.3 Å². The fraction of sp³-hybridized carbons (Fsp3) is 0.385. The predicted octanol–water partition coefficient (Wildman–Crippen LogP) is 3.13. The van der Waals surface area contributed by atoms with Gasteiger partial charge >= 0.3 is 0 Å². The van der Waals surface area contributed by atoms with Gasteiger partial charge in [-0.1, -0.05) is 22.9 Å². The minimum Gasteiger partial charge on any atom is -0.325 e. The van der Waals surface area contributed by atoms with Crippen LogP contribution in [0.25, 0.3) is 0 Å². The molecule has 0 aliphatic heterocycles. The summed E-state index contributed by atoms with van der Waals surface area (Å²) in [5, 5.41) is 8.72. The molecule has 0 atom stereocenters. The molecule has 1 aromatic carbocycles. The summed E-state index contributed by atoms with van der Waals surface area (Å²) in [6.45, 7) is 4.64. The number of carbonyl (C=O) groups excluding carboxylic acids is 1. The zero-order chi connectivity index (χ0) is 12.8. The zero-order valence-corrected chi connectivity index (χ0v) is 11.6. The van der Waals surface area contributed by atoms with Crippen LogP contribution in [0.5, 0.6) is 0 Å². The number of halogens is 1. The maximum atomic E-state index is 12.2. The second kappa shape index (κ2) is 6.41. The number of carbonyl (C=O) groups is 1. The molecule has 0 radical (unpaired) electrons. The van der Waals surface area contributed by atoms with Gasteiger partial charge in [0.05, 0.1) is 6.07 Å². The SMILES string of the molecule is CCCN(CC#N)C(=O)c1ccc(Br)cc1C. The molecule has 0 saturated heterocycles. The van der Waals surface area contributed by atoms with E-state index in [1.807, 2.05) is 32.0 Å². The van der Waals surface area contributed by atoms with Gasteiger partial charge in [0.2, 0.25) is 0 Å². The molecular formula is C13H15BrN2O. The lowest BCUT2D eigenvalue weighted by molar-refractivity contribution is 0.0775. The first kappa shape index (κ1) is 13.7. The summed E-state index contributed by atoms with van der Waals surface area (Å²) in [6.07, 6.45) is 0.850. The topological polar surface area (TPSA) is 44.1 Å². The van der Waals surface area contributed by atoms with E-state index in [9.17, 15) is 4.79 Å². The van der Waals surface area contributed by atoms with Crippen molar-refractivity contribution in [3.63, 3.8) is 0 Å². The van der Waals surface area contributed by atoms with Gasteiger partial charge < -0.3 is 4.90 Å². The lowest BCUT2D eigenvalue weighted by Gasteiger charge is -2.19. The third-order valence-electron chi connectivity index (χ3n) is 2.46. The van der Waals surface area contributed by atoms with Gasteiger partial charge in [-0.25, -0.2) is 0 Å². The number of aryl methyl sites for hydroxylation is 1. The largest absolute Gasteiger partial charge is 0.325 e. The maximum absolute atomic E-state index is 12.2. The molecule has 0 fully saturated rings. The van der Waals surface area contributed by atoms with Gasteiger partial charge in [-0.15, -0.1) is 0 Å².